The Morgan fingerprint density at radius 3 is 2.21 bits per heavy atom. The molecule has 0 radical (unpaired) electrons. The fraction of sp³-hybridized carbons (Fsp3) is 0.0526. The zero-order valence-electron chi connectivity index (χ0n) is 14.7. The lowest BCUT2D eigenvalue weighted by molar-refractivity contribution is -0.394. The van der Waals surface area contributed by atoms with E-state index in [1.807, 2.05) is 36.4 Å². The molecule has 0 aliphatic rings. The first-order valence-corrected chi connectivity index (χ1v) is 8.39. The SMILES string of the molecule is O=C(OCc1nc2cc3ccccc3cc2[nH]1)c1cc([N+](=O)[O-])cc([N+](=O)[O-])c1. The summed E-state index contributed by atoms with van der Waals surface area (Å²) in [6.45, 7) is -0.222. The van der Waals surface area contributed by atoms with Crippen LogP contribution in [0.5, 0.6) is 0 Å². The minimum Gasteiger partial charge on any atom is -0.454 e. The van der Waals surface area contributed by atoms with Crippen molar-refractivity contribution < 1.29 is 19.4 Å². The summed E-state index contributed by atoms with van der Waals surface area (Å²) in [5, 5.41) is 23.9. The van der Waals surface area contributed by atoms with E-state index in [1.165, 1.54) is 0 Å². The van der Waals surface area contributed by atoms with Gasteiger partial charge >= 0.3 is 5.97 Å². The monoisotopic (exact) mass is 392 g/mol. The molecule has 0 saturated heterocycles. The Morgan fingerprint density at radius 1 is 0.966 bits per heavy atom. The van der Waals surface area contributed by atoms with Crippen LogP contribution in [0.25, 0.3) is 21.8 Å². The molecule has 0 aliphatic heterocycles. The van der Waals surface area contributed by atoms with Crippen LogP contribution in [0.3, 0.4) is 0 Å². The van der Waals surface area contributed by atoms with E-state index in [1.54, 1.807) is 0 Å². The number of ether oxygens (including phenoxy) is 1. The first-order chi connectivity index (χ1) is 13.9. The third-order valence-corrected chi connectivity index (χ3v) is 4.30. The van der Waals surface area contributed by atoms with E-state index in [0.717, 1.165) is 34.5 Å². The van der Waals surface area contributed by atoms with Crippen LogP contribution in [0.15, 0.2) is 54.6 Å². The number of nitrogens with zero attached hydrogens (tertiary/aromatic N) is 3. The molecule has 0 spiro atoms. The van der Waals surface area contributed by atoms with Crippen molar-refractivity contribution in [2.24, 2.45) is 0 Å². The minimum atomic E-state index is -0.928. The highest BCUT2D eigenvalue weighted by Gasteiger charge is 2.21. The Balaban J connectivity index is 1.57. The molecule has 0 unspecified atom stereocenters. The molecule has 0 aliphatic carbocycles. The predicted octanol–water partition coefficient (Wildman–Crippen LogP) is 3.89. The van der Waals surface area contributed by atoms with Crippen LogP contribution < -0.4 is 0 Å². The second-order valence-electron chi connectivity index (χ2n) is 6.23. The zero-order valence-corrected chi connectivity index (χ0v) is 14.7. The maximum Gasteiger partial charge on any atom is 0.339 e. The first kappa shape index (κ1) is 18.0. The fourth-order valence-electron chi connectivity index (χ4n) is 2.96. The van der Waals surface area contributed by atoms with E-state index in [0.29, 0.717) is 11.3 Å². The van der Waals surface area contributed by atoms with Gasteiger partial charge in [0, 0.05) is 12.1 Å². The van der Waals surface area contributed by atoms with Crippen LogP contribution in [0.2, 0.25) is 0 Å². The number of aromatic nitrogens is 2. The van der Waals surface area contributed by atoms with Crippen molar-refractivity contribution in [2.75, 3.05) is 0 Å². The number of benzene rings is 3. The van der Waals surface area contributed by atoms with Crippen LogP contribution in [0.1, 0.15) is 16.2 Å². The number of nitro groups is 2. The van der Waals surface area contributed by atoms with Crippen molar-refractivity contribution >= 4 is 39.1 Å². The molecule has 1 aromatic heterocycles. The van der Waals surface area contributed by atoms with Crippen molar-refractivity contribution in [1.29, 1.82) is 0 Å². The number of carbonyl (C=O) groups excluding carboxylic acids is 1. The predicted molar refractivity (Wildman–Crippen MR) is 102 cm³/mol. The highest BCUT2D eigenvalue weighted by atomic mass is 16.6. The normalized spacial score (nSPS) is 10.9. The standard InChI is InChI=1S/C19H12N4O6/c24-19(13-5-14(22(25)26)9-15(6-13)23(27)28)29-10-18-20-16-7-11-3-1-2-4-12(11)8-17(16)21-18/h1-9H,10H2,(H,20,21). The van der Waals surface area contributed by atoms with Gasteiger partial charge in [-0.25, -0.2) is 9.78 Å². The van der Waals surface area contributed by atoms with E-state index in [4.69, 9.17) is 4.74 Å². The Labute approximate surface area is 162 Å². The Kier molecular flexibility index (Phi) is 4.36. The molecule has 3 aromatic carbocycles. The van der Waals surface area contributed by atoms with Crippen molar-refractivity contribution in [2.45, 2.75) is 6.61 Å². The van der Waals surface area contributed by atoms with Crippen LogP contribution in [0.4, 0.5) is 11.4 Å². The lowest BCUT2D eigenvalue weighted by Crippen LogP contribution is -2.07. The number of H-pyrrole nitrogens is 1. The maximum atomic E-state index is 12.3. The van der Waals surface area contributed by atoms with E-state index < -0.39 is 27.2 Å². The molecular formula is C19H12N4O6. The molecule has 10 heteroatoms. The zero-order chi connectivity index (χ0) is 20.5. The van der Waals surface area contributed by atoms with E-state index in [2.05, 4.69) is 9.97 Å². The summed E-state index contributed by atoms with van der Waals surface area (Å²) >= 11 is 0. The molecule has 0 bridgehead atoms. The average molecular weight is 392 g/mol. The molecule has 0 amide bonds. The number of non-ortho nitro benzene ring substituents is 2. The molecule has 0 fully saturated rings. The van der Waals surface area contributed by atoms with Gasteiger partial charge in [-0.1, -0.05) is 24.3 Å². The summed E-state index contributed by atoms with van der Waals surface area (Å²) in [6.07, 6.45) is 0. The van der Waals surface area contributed by atoms with Crippen LogP contribution in [-0.2, 0) is 11.3 Å². The topological polar surface area (TPSA) is 141 Å². The molecule has 10 nitrogen and oxygen atoms in total. The lowest BCUT2D eigenvalue weighted by Gasteiger charge is -2.03. The van der Waals surface area contributed by atoms with Crippen molar-refractivity contribution in [3.05, 3.63) is 86.2 Å². The van der Waals surface area contributed by atoms with E-state index in [-0.39, 0.29) is 12.2 Å². The number of aromatic amines is 1. The Bertz CT molecular complexity index is 1210. The minimum absolute atomic E-state index is 0.222. The summed E-state index contributed by atoms with van der Waals surface area (Å²) in [6, 6.07) is 14.2. The molecule has 4 rings (SSSR count). The third kappa shape index (κ3) is 3.58. The summed E-state index contributed by atoms with van der Waals surface area (Å²) in [7, 11) is 0. The summed E-state index contributed by atoms with van der Waals surface area (Å²) in [4.78, 5) is 39.9. The number of fused-ring (bicyclic) bond motifs is 2. The van der Waals surface area contributed by atoms with Gasteiger partial charge < -0.3 is 9.72 Å². The van der Waals surface area contributed by atoms with E-state index >= 15 is 0 Å². The van der Waals surface area contributed by atoms with Crippen molar-refractivity contribution in [3.63, 3.8) is 0 Å². The number of esters is 1. The first-order valence-electron chi connectivity index (χ1n) is 8.39. The molecule has 4 aromatic rings. The summed E-state index contributed by atoms with van der Waals surface area (Å²) in [5.41, 5.74) is 0.0392. The number of nitrogens with one attached hydrogen (secondary N) is 1. The van der Waals surface area contributed by atoms with Gasteiger partial charge in [-0.15, -0.1) is 0 Å². The number of carbonyl (C=O) groups is 1. The van der Waals surface area contributed by atoms with Gasteiger partial charge in [0.15, 0.2) is 0 Å². The maximum absolute atomic E-state index is 12.3. The van der Waals surface area contributed by atoms with Crippen LogP contribution in [0, 0.1) is 20.2 Å². The smallest absolute Gasteiger partial charge is 0.339 e. The van der Waals surface area contributed by atoms with Gasteiger partial charge in [-0.05, 0) is 22.9 Å². The molecule has 0 atom stereocenters. The van der Waals surface area contributed by atoms with Gasteiger partial charge in [0.05, 0.1) is 32.5 Å². The molecule has 29 heavy (non-hydrogen) atoms. The molecule has 0 saturated carbocycles. The highest BCUT2D eigenvalue weighted by Crippen LogP contribution is 2.24. The molecule has 144 valence electrons. The van der Waals surface area contributed by atoms with Crippen molar-refractivity contribution in [3.8, 4) is 0 Å². The quantitative estimate of drug-likeness (QED) is 0.308. The lowest BCUT2D eigenvalue weighted by atomic mass is 10.1. The molecule has 1 heterocycles. The van der Waals surface area contributed by atoms with Gasteiger partial charge in [0.25, 0.3) is 11.4 Å². The fourth-order valence-corrected chi connectivity index (χ4v) is 2.96. The number of hydrogen-bond acceptors (Lipinski definition) is 7. The van der Waals surface area contributed by atoms with Crippen molar-refractivity contribution in [1.82, 2.24) is 9.97 Å². The summed E-state index contributed by atoms with van der Waals surface area (Å²) < 4.78 is 5.13. The number of nitro benzene ring substituents is 2. The number of rotatable bonds is 5. The second-order valence-corrected chi connectivity index (χ2v) is 6.23. The van der Waals surface area contributed by atoms with Gasteiger partial charge in [0.1, 0.15) is 12.4 Å². The largest absolute Gasteiger partial charge is 0.454 e. The highest BCUT2D eigenvalue weighted by molar-refractivity contribution is 5.95. The van der Waals surface area contributed by atoms with Gasteiger partial charge in [-0.3, -0.25) is 20.2 Å². The van der Waals surface area contributed by atoms with Crippen LogP contribution >= 0.6 is 0 Å². The second kappa shape index (κ2) is 7.00. The average Bonchev–Trinajstić information content (AvgIpc) is 3.11. The number of imidazole rings is 1. The number of hydrogen-bond donors (Lipinski definition) is 1. The molecular weight excluding hydrogens is 380 g/mol. The molecule has 1 N–H and O–H groups in total. The Hall–Kier alpha value is -4.34. The third-order valence-electron chi connectivity index (χ3n) is 4.30. The van der Waals surface area contributed by atoms with E-state index in [9.17, 15) is 25.0 Å². The summed E-state index contributed by atoms with van der Waals surface area (Å²) in [5.74, 6) is -0.550. The van der Waals surface area contributed by atoms with Gasteiger partial charge in [0.2, 0.25) is 0 Å². The van der Waals surface area contributed by atoms with Crippen LogP contribution in [-0.4, -0.2) is 25.8 Å². The Morgan fingerprint density at radius 2 is 1.59 bits per heavy atom. The van der Waals surface area contributed by atoms with Gasteiger partial charge in [-0.2, -0.15) is 0 Å².